The molecule has 0 bridgehead atoms. The Bertz CT molecular complexity index is 910. The van der Waals surface area contributed by atoms with Gasteiger partial charge in [-0.15, -0.1) is 11.3 Å². The summed E-state index contributed by atoms with van der Waals surface area (Å²) < 4.78 is 6.39. The third kappa shape index (κ3) is 1.67. The van der Waals surface area contributed by atoms with E-state index in [1.807, 2.05) is 24.3 Å². The van der Waals surface area contributed by atoms with E-state index < -0.39 is 0 Å². The predicted octanol–water partition coefficient (Wildman–Crippen LogP) is 3.85. The van der Waals surface area contributed by atoms with E-state index in [4.69, 9.17) is 4.74 Å². The molecule has 4 aromatic rings. The molecule has 98 valence electrons. The molecular weight excluding hydrogens is 270 g/mol. The van der Waals surface area contributed by atoms with Crippen LogP contribution in [-0.4, -0.2) is 22.1 Å². The van der Waals surface area contributed by atoms with E-state index in [0.717, 1.165) is 16.9 Å². The minimum Gasteiger partial charge on any atom is -0.481 e. The topological polar surface area (TPSA) is 50.8 Å². The average molecular weight is 281 g/mol. The van der Waals surface area contributed by atoms with Gasteiger partial charge < -0.3 is 9.72 Å². The highest BCUT2D eigenvalue weighted by atomic mass is 32.1. The van der Waals surface area contributed by atoms with Gasteiger partial charge >= 0.3 is 0 Å². The number of nitrogens with one attached hydrogen (secondary N) is 1. The summed E-state index contributed by atoms with van der Waals surface area (Å²) in [6.07, 6.45) is 0. The Labute approximate surface area is 119 Å². The van der Waals surface area contributed by atoms with Crippen LogP contribution in [0.2, 0.25) is 0 Å². The van der Waals surface area contributed by atoms with Crippen molar-refractivity contribution in [1.29, 1.82) is 0 Å². The number of hydrogen-bond donors (Lipinski definition) is 1. The second-order valence-electron chi connectivity index (χ2n) is 4.46. The standard InChI is InChI=1S/C15H11N3OS/c1-19-13-7-6-11-15(17-13)18-14(16-11)10-8-20-12-5-3-2-4-9(10)12/h2-8H,1H3,(H,16,17,18). The highest BCUT2D eigenvalue weighted by Crippen LogP contribution is 2.33. The number of aromatic nitrogens is 3. The van der Waals surface area contributed by atoms with Crippen LogP contribution in [-0.2, 0) is 0 Å². The van der Waals surface area contributed by atoms with Crippen LogP contribution in [0.5, 0.6) is 5.88 Å². The maximum absolute atomic E-state index is 5.13. The van der Waals surface area contributed by atoms with Gasteiger partial charge in [0.1, 0.15) is 5.82 Å². The molecule has 0 amide bonds. The lowest BCUT2D eigenvalue weighted by atomic mass is 10.2. The lowest BCUT2D eigenvalue weighted by Gasteiger charge is -1.95. The first-order valence-electron chi connectivity index (χ1n) is 6.22. The summed E-state index contributed by atoms with van der Waals surface area (Å²) in [4.78, 5) is 12.2. The molecule has 20 heavy (non-hydrogen) atoms. The fourth-order valence-corrected chi connectivity index (χ4v) is 3.22. The molecule has 4 nitrogen and oxygen atoms in total. The lowest BCUT2D eigenvalue weighted by Crippen LogP contribution is -1.86. The molecule has 0 aliphatic rings. The second kappa shape index (κ2) is 4.31. The van der Waals surface area contributed by atoms with Gasteiger partial charge in [-0.1, -0.05) is 18.2 Å². The zero-order valence-electron chi connectivity index (χ0n) is 10.8. The van der Waals surface area contributed by atoms with E-state index in [-0.39, 0.29) is 0 Å². The minimum atomic E-state index is 0.575. The number of hydrogen-bond acceptors (Lipinski definition) is 4. The summed E-state index contributed by atoms with van der Waals surface area (Å²) in [6, 6.07) is 12.1. The summed E-state index contributed by atoms with van der Waals surface area (Å²) in [5.41, 5.74) is 2.70. The van der Waals surface area contributed by atoms with E-state index in [2.05, 4.69) is 32.5 Å². The van der Waals surface area contributed by atoms with Crippen LogP contribution in [0, 0.1) is 0 Å². The molecule has 0 unspecified atom stereocenters. The van der Waals surface area contributed by atoms with E-state index in [1.54, 1.807) is 18.4 Å². The highest BCUT2D eigenvalue weighted by Gasteiger charge is 2.11. The SMILES string of the molecule is COc1ccc2[nH]c(-c3csc4ccccc34)nc2n1. The van der Waals surface area contributed by atoms with Crippen molar-refractivity contribution in [1.82, 2.24) is 15.0 Å². The smallest absolute Gasteiger partial charge is 0.215 e. The molecular formula is C15H11N3OS. The van der Waals surface area contributed by atoms with Crippen LogP contribution in [0.15, 0.2) is 41.8 Å². The Morgan fingerprint density at radius 3 is 2.90 bits per heavy atom. The van der Waals surface area contributed by atoms with Gasteiger partial charge in [0.05, 0.1) is 12.6 Å². The number of benzene rings is 1. The minimum absolute atomic E-state index is 0.575. The van der Waals surface area contributed by atoms with Crippen molar-refractivity contribution in [2.24, 2.45) is 0 Å². The van der Waals surface area contributed by atoms with Gasteiger partial charge in [0, 0.05) is 27.1 Å². The monoisotopic (exact) mass is 281 g/mol. The largest absolute Gasteiger partial charge is 0.481 e. The van der Waals surface area contributed by atoms with Gasteiger partial charge in [0.2, 0.25) is 5.88 Å². The maximum atomic E-state index is 5.13. The van der Waals surface area contributed by atoms with Gasteiger partial charge in [0.15, 0.2) is 5.65 Å². The quantitative estimate of drug-likeness (QED) is 0.607. The summed E-state index contributed by atoms with van der Waals surface area (Å²) in [5.74, 6) is 1.42. The van der Waals surface area contributed by atoms with Gasteiger partial charge in [-0.25, -0.2) is 4.98 Å². The number of H-pyrrole nitrogens is 1. The zero-order valence-corrected chi connectivity index (χ0v) is 11.6. The highest BCUT2D eigenvalue weighted by molar-refractivity contribution is 7.17. The predicted molar refractivity (Wildman–Crippen MR) is 81.3 cm³/mol. The number of fused-ring (bicyclic) bond motifs is 2. The van der Waals surface area contributed by atoms with Crippen LogP contribution in [0.3, 0.4) is 0 Å². The van der Waals surface area contributed by atoms with E-state index in [1.165, 1.54) is 10.1 Å². The number of imidazole rings is 1. The molecule has 0 saturated heterocycles. The van der Waals surface area contributed by atoms with Crippen LogP contribution in [0.1, 0.15) is 0 Å². The Kier molecular flexibility index (Phi) is 2.47. The second-order valence-corrected chi connectivity index (χ2v) is 5.37. The Morgan fingerprint density at radius 2 is 2.00 bits per heavy atom. The summed E-state index contributed by atoms with van der Waals surface area (Å²) >= 11 is 1.72. The number of ether oxygens (including phenoxy) is 1. The van der Waals surface area contributed by atoms with Gasteiger partial charge in [-0.05, 0) is 12.1 Å². The van der Waals surface area contributed by atoms with Crippen molar-refractivity contribution in [3.63, 3.8) is 0 Å². The molecule has 0 aliphatic heterocycles. The van der Waals surface area contributed by atoms with Crippen molar-refractivity contribution in [2.45, 2.75) is 0 Å². The van der Waals surface area contributed by atoms with Crippen LogP contribution < -0.4 is 4.74 Å². The van der Waals surface area contributed by atoms with E-state index >= 15 is 0 Å². The first-order valence-corrected chi connectivity index (χ1v) is 7.10. The van der Waals surface area contributed by atoms with Crippen LogP contribution >= 0.6 is 11.3 Å². The summed E-state index contributed by atoms with van der Waals surface area (Å²) in [6.45, 7) is 0. The molecule has 0 radical (unpaired) electrons. The fraction of sp³-hybridized carbons (Fsp3) is 0.0667. The Hall–Kier alpha value is -2.40. The molecule has 3 aromatic heterocycles. The van der Waals surface area contributed by atoms with Gasteiger partial charge in [0.25, 0.3) is 0 Å². The molecule has 1 N–H and O–H groups in total. The van der Waals surface area contributed by atoms with Crippen LogP contribution in [0.4, 0.5) is 0 Å². The molecule has 0 saturated carbocycles. The molecule has 0 atom stereocenters. The number of rotatable bonds is 2. The molecule has 3 heterocycles. The first kappa shape index (κ1) is 11.4. The average Bonchev–Trinajstić information content (AvgIpc) is 3.09. The number of methoxy groups -OCH3 is 1. The van der Waals surface area contributed by atoms with Crippen molar-refractivity contribution < 1.29 is 4.74 Å². The summed E-state index contributed by atoms with van der Waals surface area (Å²) in [5, 5.41) is 3.34. The fourth-order valence-electron chi connectivity index (χ4n) is 2.28. The third-order valence-electron chi connectivity index (χ3n) is 3.27. The number of thiophene rings is 1. The molecule has 0 fully saturated rings. The molecule has 0 spiro atoms. The number of pyridine rings is 1. The molecule has 4 rings (SSSR count). The molecule has 5 heteroatoms. The van der Waals surface area contributed by atoms with Crippen molar-refractivity contribution in [3.8, 4) is 17.3 Å². The van der Waals surface area contributed by atoms with E-state index in [9.17, 15) is 0 Å². The summed E-state index contributed by atoms with van der Waals surface area (Å²) in [7, 11) is 1.61. The van der Waals surface area contributed by atoms with Crippen LogP contribution in [0.25, 0.3) is 32.6 Å². The van der Waals surface area contributed by atoms with Crippen molar-refractivity contribution >= 4 is 32.6 Å². The Balaban J connectivity index is 1.93. The van der Waals surface area contributed by atoms with E-state index in [0.29, 0.717) is 11.5 Å². The maximum Gasteiger partial charge on any atom is 0.215 e. The zero-order chi connectivity index (χ0) is 13.5. The molecule has 0 aliphatic carbocycles. The normalized spacial score (nSPS) is 11.2. The third-order valence-corrected chi connectivity index (χ3v) is 4.23. The van der Waals surface area contributed by atoms with Crippen molar-refractivity contribution in [3.05, 3.63) is 41.8 Å². The van der Waals surface area contributed by atoms with Gasteiger partial charge in [-0.2, -0.15) is 4.98 Å². The lowest BCUT2D eigenvalue weighted by molar-refractivity contribution is 0.399. The van der Waals surface area contributed by atoms with Gasteiger partial charge in [-0.3, -0.25) is 0 Å². The first-order chi connectivity index (χ1) is 9.85. The van der Waals surface area contributed by atoms with Crippen molar-refractivity contribution in [2.75, 3.05) is 7.11 Å². The number of aromatic amines is 1. The Morgan fingerprint density at radius 1 is 1.10 bits per heavy atom. The number of nitrogens with zero attached hydrogens (tertiary/aromatic N) is 2. The molecule has 1 aromatic carbocycles.